The third-order valence-corrected chi connectivity index (χ3v) is 4.50. The molecule has 0 saturated carbocycles. The maximum Gasteiger partial charge on any atom is 0.339 e. The number of rotatable bonds is 9. The minimum Gasteiger partial charge on any atom is -0.465 e. The summed E-state index contributed by atoms with van der Waals surface area (Å²) >= 11 is 5.91. The van der Waals surface area contributed by atoms with E-state index in [1.54, 1.807) is 7.11 Å². The lowest BCUT2D eigenvalue weighted by molar-refractivity contribution is 0.0601. The van der Waals surface area contributed by atoms with E-state index < -0.39 is 16.0 Å². The van der Waals surface area contributed by atoms with Gasteiger partial charge in [-0.1, -0.05) is 11.6 Å². The number of esters is 1. The number of halogens is 1. The molecule has 1 aromatic carbocycles. The van der Waals surface area contributed by atoms with Crippen LogP contribution in [-0.2, 0) is 19.5 Å². The summed E-state index contributed by atoms with van der Waals surface area (Å²) in [5.74, 6) is -0.621. The summed E-state index contributed by atoms with van der Waals surface area (Å²) in [6, 6.07) is 3.84. The topological polar surface area (TPSA) is 93.7 Å². The SMILES string of the molecule is COCCNCCNS(=O)(=O)c1ccc(C(=O)OC)c(Cl)c1. The van der Waals surface area contributed by atoms with Gasteiger partial charge in [0.25, 0.3) is 0 Å². The molecule has 0 bridgehead atoms. The molecule has 0 saturated heterocycles. The van der Waals surface area contributed by atoms with Crippen molar-refractivity contribution in [2.24, 2.45) is 0 Å². The first kappa shape index (κ1) is 18.9. The van der Waals surface area contributed by atoms with Gasteiger partial charge in [-0.15, -0.1) is 0 Å². The van der Waals surface area contributed by atoms with Crippen LogP contribution in [0.3, 0.4) is 0 Å². The summed E-state index contributed by atoms with van der Waals surface area (Å²) in [5, 5.41) is 3.04. The van der Waals surface area contributed by atoms with Crippen LogP contribution in [0.25, 0.3) is 0 Å². The summed E-state index contributed by atoms with van der Waals surface area (Å²) in [6.45, 7) is 1.88. The van der Waals surface area contributed by atoms with Crippen molar-refractivity contribution < 1.29 is 22.7 Å². The molecule has 0 aromatic heterocycles. The zero-order chi connectivity index (χ0) is 16.6. The molecule has 1 rings (SSSR count). The summed E-state index contributed by atoms with van der Waals surface area (Å²) in [5.41, 5.74) is 0.115. The molecule has 0 aliphatic rings. The van der Waals surface area contributed by atoms with E-state index in [0.29, 0.717) is 19.7 Å². The van der Waals surface area contributed by atoms with Crippen LogP contribution in [0.5, 0.6) is 0 Å². The predicted octanol–water partition coefficient (Wildman–Crippen LogP) is 0.641. The van der Waals surface area contributed by atoms with Crippen LogP contribution in [-0.4, -0.2) is 54.8 Å². The Balaban J connectivity index is 2.65. The molecule has 0 aliphatic carbocycles. The first-order valence-corrected chi connectivity index (χ1v) is 8.35. The third-order valence-electron chi connectivity index (χ3n) is 2.73. The number of methoxy groups -OCH3 is 2. The molecule has 1 aromatic rings. The molecule has 124 valence electrons. The number of nitrogens with one attached hydrogen (secondary N) is 2. The van der Waals surface area contributed by atoms with E-state index in [2.05, 4.69) is 14.8 Å². The van der Waals surface area contributed by atoms with Gasteiger partial charge in [0.15, 0.2) is 0 Å². The van der Waals surface area contributed by atoms with E-state index in [4.69, 9.17) is 16.3 Å². The second-order valence-corrected chi connectivity index (χ2v) is 6.45. The molecular weight excluding hydrogens is 332 g/mol. The van der Waals surface area contributed by atoms with Gasteiger partial charge in [0.2, 0.25) is 10.0 Å². The van der Waals surface area contributed by atoms with Gasteiger partial charge in [-0.05, 0) is 18.2 Å². The number of carbonyl (C=O) groups is 1. The average molecular weight is 351 g/mol. The zero-order valence-electron chi connectivity index (χ0n) is 12.4. The quantitative estimate of drug-likeness (QED) is 0.501. The predicted molar refractivity (Wildman–Crippen MR) is 82.7 cm³/mol. The lowest BCUT2D eigenvalue weighted by Gasteiger charge is -2.09. The third kappa shape index (κ3) is 5.54. The molecule has 9 heteroatoms. The van der Waals surface area contributed by atoms with Gasteiger partial charge in [-0.25, -0.2) is 17.9 Å². The van der Waals surface area contributed by atoms with Gasteiger partial charge >= 0.3 is 5.97 Å². The Hall–Kier alpha value is -1.19. The molecule has 0 heterocycles. The number of carbonyl (C=O) groups excluding carboxylic acids is 1. The average Bonchev–Trinajstić information content (AvgIpc) is 2.49. The number of hydrogen-bond donors (Lipinski definition) is 2. The van der Waals surface area contributed by atoms with E-state index in [1.807, 2.05) is 0 Å². The molecule has 0 aliphatic heterocycles. The fourth-order valence-electron chi connectivity index (χ4n) is 1.59. The fraction of sp³-hybridized carbons (Fsp3) is 0.462. The first-order valence-electron chi connectivity index (χ1n) is 6.49. The van der Waals surface area contributed by atoms with Gasteiger partial charge in [0.1, 0.15) is 0 Å². The molecule has 0 amide bonds. The van der Waals surface area contributed by atoms with Gasteiger partial charge < -0.3 is 14.8 Å². The molecular formula is C13H19ClN2O5S. The molecule has 2 N–H and O–H groups in total. The number of ether oxygens (including phenoxy) is 2. The van der Waals surface area contributed by atoms with Gasteiger partial charge in [0.05, 0.1) is 29.2 Å². The van der Waals surface area contributed by atoms with E-state index in [9.17, 15) is 13.2 Å². The molecule has 0 radical (unpaired) electrons. The first-order chi connectivity index (χ1) is 10.4. The maximum absolute atomic E-state index is 12.1. The highest BCUT2D eigenvalue weighted by Gasteiger charge is 2.17. The Kier molecular flexibility index (Phi) is 7.77. The normalized spacial score (nSPS) is 11.4. The molecule has 7 nitrogen and oxygen atoms in total. The summed E-state index contributed by atoms with van der Waals surface area (Å²) in [7, 11) is -0.869. The van der Waals surface area contributed by atoms with E-state index >= 15 is 0 Å². The summed E-state index contributed by atoms with van der Waals surface area (Å²) in [4.78, 5) is 11.4. The second kappa shape index (κ2) is 9.06. The van der Waals surface area contributed by atoms with Crippen molar-refractivity contribution in [1.82, 2.24) is 10.0 Å². The summed E-state index contributed by atoms with van der Waals surface area (Å²) < 4.78 is 36.0. The van der Waals surface area contributed by atoms with E-state index in [-0.39, 0.29) is 22.0 Å². The van der Waals surface area contributed by atoms with Crippen molar-refractivity contribution in [2.45, 2.75) is 4.90 Å². The minimum absolute atomic E-state index is 0.0120. The molecule has 0 atom stereocenters. The van der Waals surface area contributed by atoms with Gasteiger partial charge in [0, 0.05) is 26.7 Å². The highest BCUT2D eigenvalue weighted by Crippen LogP contribution is 2.21. The Morgan fingerprint density at radius 2 is 1.95 bits per heavy atom. The number of sulfonamides is 1. The van der Waals surface area contributed by atoms with Crippen molar-refractivity contribution in [3.8, 4) is 0 Å². The van der Waals surface area contributed by atoms with Crippen molar-refractivity contribution in [3.63, 3.8) is 0 Å². The van der Waals surface area contributed by atoms with Crippen LogP contribution in [0.4, 0.5) is 0 Å². The molecule has 0 spiro atoms. The fourth-order valence-corrected chi connectivity index (χ4v) is 2.97. The van der Waals surface area contributed by atoms with Gasteiger partial charge in [-0.2, -0.15) is 0 Å². The van der Waals surface area contributed by atoms with Crippen LogP contribution in [0, 0.1) is 0 Å². The van der Waals surface area contributed by atoms with Crippen LogP contribution in [0.15, 0.2) is 23.1 Å². The van der Waals surface area contributed by atoms with Gasteiger partial charge in [-0.3, -0.25) is 0 Å². The molecule has 0 fully saturated rings. The smallest absolute Gasteiger partial charge is 0.339 e. The van der Waals surface area contributed by atoms with Crippen LogP contribution in [0.2, 0.25) is 5.02 Å². The molecule has 22 heavy (non-hydrogen) atoms. The highest BCUT2D eigenvalue weighted by atomic mass is 35.5. The minimum atomic E-state index is -3.68. The lowest BCUT2D eigenvalue weighted by Crippen LogP contribution is -2.33. The van der Waals surface area contributed by atoms with Crippen molar-refractivity contribution >= 4 is 27.6 Å². The Morgan fingerprint density at radius 3 is 2.55 bits per heavy atom. The van der Waals surface area contributed by atoms with E-state index in [0.717, 1.165) is 0 Å². The lowest BCUT2D eigenvalue weighted by atomic mass is 10.2. The zero-order valence-corrected chi connectivity index (χ0v) is 14.0. The van der Waals surface area contributed by atoms with Crippen LogP contribution < -0.4 is 10.0 Å². The largest absolute Gasteiger partial charge is 0.465 e. The maximum atomic E-state index is 12.1. The summed E-state index contributed by atoms with van der Waals surface area (Å²) in [6.07, 6.45) is 0. The van der Waals surface area contributed by atoms with E-state index in [1.165, 1.54) is 25.3 Å². The Morgan fingerprint density at radius 1 is 1.23 bits per heavy atom. The standard InChI is InChI=1S/C13H19ClN2O5S/c1-20-8-7-15-5-6-16-22(18,19)10-3-4-11(12(14)9-10)13(17)21-2/h3-4,9,15-16H,5-8H2,1-2H3. The number of benzene rings is 1. The van der Waals surface area contributed by atoms with Crippen LogP contribution in [0.1, 0.15) is 10.4 Å². The van der Waals surface area contributed by atoms with Crippen molar-refractivity contribution in [1.29, 1.82) is 0 Å². The molecule has 0 unspecified atom stereocenters. The van der Waals surface area contributed by atoms with Crippen LogP contribution >= 0.6 is 11.6 Å². The highest BCUT2D eigenvalue weighted by molar-refractivity contribution is 7.89. The van der Waals surface area contributed by atoms with Crippen molar-refractivity contribution in [2.75, 3.05) is 40.5 Å². The Labute approximate surface area is 135 Å². The monoisotopic (exact) mass is 350 g/mol. The second-order valence-electron chi connectivity index (χ2n) is 4.27. The Bertz CT molecular complexity index is 606. The van der Waals surface area contributed by atoms with Crippen molar-refractivity contribution in [3.05, 3.63) is 28.8 Å². The number of hydrogen-bond acceptors (Lipinski definition) is 6.